The Kier molecular flexibility index (Phi) is 4.58. The van der Waals surface area contributed by atoms with Crippen LogP contribution >= 0.6 is 0 Å². The smallest absolute Gasteiger partial charge is 0.118 e. The van der Waals surface area contributed by atoms with Crippen LogP contribution in [0.1, 0.15) is 22.3 Å². The molecule has 2 rings (SSSR count). The molecule has 100 valence electrons. The molecule has 0 aromatic heterocycles. The lowest BCUT2D eigenvalue weighted by atomic mass is 10.1. The zero-order valence-electron chi connectivity index (χ0n) is 11.8. The second kappa shape index (κ2) is 6.39. The first-order valence-corrected chi connectivity index (χ1v) is 6.46. The molecule has 0 heterocycles. The molecule has 0 amide bonds. The third kappa shape index (κ3) is 3.83. The summed E-state index contributed by atoms with van der Waals surface area (Å²) in [6, 6.07) is 14.4. The highest BCUT2D eigenvalue weighted by Gasteiger charge is 2.00. The summed E-state index contributed by atoms with van der Waals surface area (Å²) in [5.41, 5.74) is 4.97. The van der Waals surface area contributed by atoms with E-state index in [2.05, 4.69) is 32.0 Å². The molecule has 0 N–H and O–H groups in total. The summed E-state index contributed by atoms with van der Waals surface area (Å²) < 4.78 is 10.9. The molecule has 0 aliphatic heterocycles. The van der Waals surface area contributed by atoms with Crippen molar-refractivity contribution in [3.63, 3.8) is 0 Å². The quantitative estimate of drug-likeness (QED) is 0.804. The molecule has 0 aliphatic carbocycles. The van der Waals surface area contributed by atoms with E-state index in [4.69, 9.17) is 9.47 Å². The average molecular weight is 256 g/mol. The van der Waals surface area contributed by atoms with E-state index in [-0.39, 0.29) is 0 Å². The fraction of sp³-hybridized carbons (Fsp3) is 0.294. The van der Waals surface area contributed by atoms with Crippen LogP contribution in [0, 0.1) is 13.8 Å². The number of benzene rings is 2. The molecule has 0 aliphatic rings. The first kappa shape index (κ1) is 13.6. The molecule has 0 fully saturated rings. The fourth-order valence-electron chi connectivity index (χ4n) is 1.96. The van der Waals surface area contributed by atoms with Crippen molar-refractivity contribution in [2.24, 2.45) is 0 Å². The lowest BCUT2D eigenvalue weighted by molar-refractivity contribution is 0.106. The van der Waals surface area contributed by atoms with Gasteiger partial charge in [-0.05, 0) is 42.7 Å². The van der Waals surface area contributed by atoms with Gasteiger partial charge < -0.3 is 9.47 Å². The van der Waals surface area contributed by atoms with E-state index in [1.807, 2.05) is 24.3 Å². The SMILES string of the molecule is COc1ccc(COCc2cc(C)ccc2C)cc1. The normalized spacial score (nSPS) is 10.5. The van der Waals surface area contributed by atoms with Gasteiger partial charge in [-0.15, -0.1) is 0 Å². The standard InChI is InChI=1S/C17H20O2/c1-13-4-5-14(2)16(10-13)12-19-11-15-6-8-17(18-3)9-7-15/h4-10H,11-12H2,1-3H3. The lowest BCUT2D eigenvalue weighted by Crippen LogP contribution is -1.97. The van der Waals surface area contributed by atoms with E-state index in [1.54, 1.807) is 7.11 Å². The van der Waals surface area contributed by atoms with Crippen molar-refractivity contribution in [2.75, 3.05) is 7.11 Å². The van der Waals surface area contributed by atoms with Gasteiger partial charge in [0.1, 0.15) is 5.75 Å². The Morgan fingerprint density at radius 1 is 0.895 bits per heavy atom. The summed E-state index contributed by atoms with van der Waals surface area (Å²) >= 11 is 0. The molecule has 0 saturated heterocycles. The van der Waals surface area contributed by atoms with Gasteiger partial charge in [-0.2, -0.15) is 0 Å². The first-order valence-electron chi connectivity index (χ1n) is 6.46. The monoisotopic (exact) mass is 256 g/mol. The predicted molar refractivity (Wildman–Crippen MR) is 77.4 cm³/mol. The van der Waals surface area contributed by atoms with Crippen molar-refractivity contribution in [2.45, 2.75) is 27.1 Å². The Hall–Kier alpha value is -1.80. The van der Waals surface area contributed by atoms with E-state index in [0.29, 0.717) is 13.2 Å². The highest BCUT2D eigenvalue weighted by molar-refractivity contribution is 5.30. The van der Waals surface area contributed by atoms with Gasteiger partial charge >= 0.3 is 0 Å². The van der Waals surface area contributed by atoms with Crippen LogP contribution in [0.15, 0.2) is 42.5 Å². The second-order valence-corrected chi connectivity index (χ2v) is 4.77. The van der Waals surface area contributed by atoms with Crippen LogP contribution in [-0.2, 0) is 18.0 Å². The summed E-state index contributed by atoms with van der Waals surface area (Å²) in [5, 5.41) is 0. The number of rotatable bonds is 5. The van der Waals surface area contributed by atoms with Crippen molar-refractivity contribution < 1.29 is 9.47 Å². The van der Waals surface area contributed by atoms with Crippen LogP contribution in [0.4, 0.5) is 0 Å². The third-order valence-corrected chi connectivity index (χ3v) is 3.19. The van der Waals surface area contributed by atoms with E-state index in [9.17, 15) is 0 Å². The van der Waals surface area contributed by atoms with Crippen LogP contribution < -0.4 is 4.74 Å². The highest BCUT2D eigenvalue weighted by Crippen LogP contribution is 2.15. The predicted octanol–water partition coefficient (Wildman–Crippen LogP) is 4.03. The van der Waals surface area contributed by atoms with E-state index < -0.39 is 0 Å². The molecular weight excluding hydrogens is 236 g/mol. The van der Waals surface area contributed by atoms with Crippen LogP contribution in [0.2, 0.25) is 0 Å². The van der Waals surface area contributed by atoms with Gasteiger partial charge in [-0.25, -0.2) is 0 Å². The molecule has 0 spiro atoms. The van der Waals surface area contributed by atoms with Gasteiger partial charge in [-0.3, -0.25) is 0 Å². The first-order chi connectivity index (χ1) is 9.19. The van der Waals surface area contributed by atoms with Crippen LogP contribution in [0.25, 0.3) is 0 Å². The van der Waals surface area contributed by atoms with Gasteiger partial charge in [0.25, 0.3) is 0 Å². The summed E-state index contributed by atoms with van der Waals surface area (Å²) in [7, 11) is 1.67. The summed E-state index contributed by atoms with van der Waals surface area (Å²) in [6.45, 7) is 5.49. The fourth-order valence-corrected chi connectivity index (χ4v) is 1.96. The number of ether oxygens (including phenoxy) is 2. The van der Waals surface area contributed by atoms with E-state index in [1.165, 1.54) is 16.7 Å². The molecular formula is C17H20O2. The number of hydrogen-bond acceptors (Lipinski definition) is 2. The van der Waals surface area contributed by atoms with Gasteiger partial charge in [0.2, 0.25) is 0 Å². The van der Waals surface area contributed by atoms with Gasteiger partial charge in [-0.1, -0.05) is 35.9 Å². The number of aryl methyl sites for hydroxylation is 2. The van der Waals surface area contributed by atoms with Crippen LogP contribution in [0.5, 0.6) is 5.75 Å². The summed E-state index contributed by atoms with van der Waals surface area (Å²) in [5.74, 6) is 0.873. The zero-order valence-corrected chi connectivity index (χ0v) is 11.8. The summed E-state index contributed by atoms with van der Waals surface area (Å²) in [6.07, 6.45) is 0. The van der Waals surface area contributed by atoms with E-state index >= 15 is 0 Å². The van der Waals surface area contributed by atoms with Crippen molar-refractivity contribution in [3.8, 4) is 5.75 Å². The van der Waals surface area contributed by atoms with Crippen molar-refractivity contribution in [1.29, 1.82) is 0 Å². The second-order valence-electron chi connectivity index (χ2n) is 4.77. The molecule has 2 heteroatoms. The Bertz CT molecular complexity index is 529. The Morgan fingerprint density at radius 2 is 1.63 bits per heavy atom. The van der Waals surface area contributed by atoms with Crippen molar-refractivity contribution in [1.82, 2.24) is 0 Å². The molecule has 0 saturated carbocycles. The topological polar surface area (TPSA) is 18.5 Å². The van der Waals surface area contributed by atoms with Gasteiger partial charge in [0.15, 0.2) is 0 Å². The lowest BCUT2D eigenvalue weighted by Gasteiger charge is -2.09. The number of hydrogen-bond donors (Lipinski definition) is 0. The molecule has 19 heavy (non-hydrogen) atoms. The molecule has 2 nitrogen and oxygen atoms in total. The minimum Gasteiger partial charge on any atom is -0.497 e. The highest BCUT2D eigenvalue weighted by atomic mass is 16.5. The van der Waals surface area contributed by atoms with Gasteiger partial charge in [0, 0.05) is 0 Å². The van der Waals surface area contributed by atoms with Gasteiger partial charge in [0.05, 0.1) is 20.3 Å². The molecule has 0 unspecified atom stereocenters. The summed E-state index contributed by atoms with van der Waals surface area (Å²) in [4.78, 5) is 0. The maximum absolute atomic E-state index is 5.77. The van der Waals surface area contributed by atoms with Crippen molar-refractivity contribution in [3.05, 3.63) is 64.7 Å². The minimum absolute atomic E-state index is 0.622. The largest absolute Gasteiger partial charge is 0.497 e. The van der Waals surface area contributed by atoms with Crippen LogP contribution in [0.3, 0.4) is 0 Å². The number of methoxy groups -OCH3 is 1. The molecule has 2 aromatic rings. The Balaban J connectivity index is 1.90. The minimum atomic E-state index is 0.622. The van der Waals surface area contributed by atoms with Crippen LogP contribution in [-0.4, -0.2) is 7.11 Å². The van der Waals surface area contributed by atoms with Crippen molar-refractivity contribution >= 4 is 0 Å². The van der Waals surface area contributed by atoms with E-state index in [0.717, 1.165) is 11.3 Å². The average Bonchev–Trinajstić information content (AvgIpc) is 2.43. The maximum Gasteiger partial charge on any atom is 0.118 e. The molecule has 0 bridgehead atoms. The maximum atomic E-state index is 5.77. The molecule has 0 atom stereocenters. The third-order valence-electron chi connectivity index (χ3n) is 3.19. The molecule has 0 radical (unpaired) electrons. The Morgan fingerprint density at radius 3 is 2.32 bits per heavy atom. The zero-order chi connectivity index (χ0) is 13.7. The molecule has 2 aromatic carbocycles. The Labute approximate surface area is 115 Å².